The van der Waals surface area contributed by atoms with E-state index in [4.69, 9.17) is 5.73 Å². The van der Waals surface area contributed by atoms with Crippen LogP contribution in [-0.4, -0.2) is 24.5 Å². The molecular weight excluding hydrogens is 240 g/mol. The molecule has 1 unspecified atom stereocenters. The van der Waals surface area contributed by atoms with Crippen molar-refractivity contribution < 1.29 is 4.79 Å². The molecule has 2 amide bonds. The second kappa shape index (κ2) is 6.33. The van der Waals surface area contributed by atoms with Gasteiger partial charge in [-0.25, -0.2) is 9.79 Å². The highest BCUT2D eigenvalue weighted by atomic mass is 16.2. The minimum absolute atomic E-state index is 0.244. The number of hydrogen-bond acceptors (Lipinski definition) is 3. The van der Waals surface area contributed by atoms with E-state index >= 15 is 0 Å². The lowest BCUT2D eigenvalue weighted by atomic mass is 9.99. The van der Waals surface area contributed by atoms with Gasteiger partial charge in [-0.1, -0.05) is 24.3 Å². The van der Waals surface area contributed by atoms with Crippen LogP contribution >= 0.6 is 0 Å². The van der Waals surface area contributed by atoms with Gasteiger partial charge in [0.2, 0.25) is 0 Å². The number of amidine groups is 1. The van der Waals surface area contributed by atoms with Crippen molar-refractivity contribution in [1.29, 1.82) is 0 Å². The molecule has 0 radical (unpaired) electrons. The minimum Gasteiger partial charge on any atom is -0.328 e. The number of hydrogen-bond donors (Lipinski definition) is 3. The summed E-state index contributed by atoms with van der Waals surface area (Å²) >= 11 is 0. The number of nitrogens with two attached hydrogens (primary N) is 1. The van der Waals surface area contributed by atoms with Gasteiger partial charge in [0.1, 0.15) is 11.9 Å². The van der Waals surface area contributed by atoms with Crippen molar-refractivity contribution >= 4 is 11.9 Å². The van der Waals surface area contributed by atoms with E-state index in [9.17, 15) is 4.79 Å². The largest absolute Gasteiger partial charge is 0.328 e. The molecule has 1 aliphatic heterocycles. The number of urea groups is 1. The Morgan fingerprint density at radius 1 is 1.58 bits per heavy atom. The van der Waals surface area contributed by atoms with Gasteiger partial charge in [-0.3, -0.25) is 5.32 Å². The molecule has 2 rings (SSSR count). The number of carbonyl (C=O) groups excluding carboxylic acids is 1. The van der Waals surface area contributed by atoms with Crippen molar-refractivity contribution in [1.82, 2.24) is 10.6 Å². The zero-order valence-corrected chi connectivity index (χ0v) is 11.0. The molecule has 0 spiro atoms. The standard InChI is InChI=1S/C14H20N4O/c1-10(7-8-11-5-3-2-4-6-11)16-13-12(9-15)17-14(19)18-13/h5,7-8,12H,1-4,6,9,15H2,(H2,16,17,18,19)/b8-7+. The molecule has 0 aromatic rings. The summed E-state index contributed by atoms with van der Waals surface area (Å²) in [4.78, 5) is 15.5. The molecule has 0 bridgehead atoms. The van der Waals surface area contributed by atoms with Gasteiger partial charge in [0.25, 0.3) is 0 Å². The number of allylic oxidation sites excluding steroid dienone is 4. The van der Waals surface area contributed by atoms with Crippen LogP contribution in [0.5, 0.6) is 0 Å². The summed E-state index contributed by atoms with van der Waals surface area (Å²) in [6, 6.07) is -0.507. The molecule has 0 saturated carbocycles. The molecule has 0 aromatic carbocycles. The van der Waals surface area contributed by atoms with Crippen molar-refractivity contribution in [2.24, 2.45) is 10.7 Å². The second-order valence-corrected chi connectivity index (χ2v) is 4.73. The average molecular weight is 260 g/mol. The number of rotatable bonds is 4. The van der Waals surface area contributed by atoms with E-state index < -0.39 is 0 Å². The minimum atomic E-state index is -0.263. The van der Waals surface area contributed by atoms with Crippen LogP contribution in [0, 0.1) is 0 Å². The molecule has 5 nitrogen and oxygen atoms in total. The fourth-order valence-corrected chi connectivity index (χ4v) is 2.15. The summed E-state index contributed by atoms with van der Waals surface area (Å²) in [7, 11) is 0. The van der Waals surface area contributed by atoms with E-state index in [0.29, 0.717) is 18.1 Å². The number of amides is 2. The maximum absolute atomic E-state index is 11.2. The molecule has 1 heterocycles. The van der Waals surface area contributed by atoms with Crippen LogP contribution in [0.2, 0.25) is 0 Å². The van der Waals surface area contributed by atoms with Crippen LogP contribution in [-0.2, 0) is 0 Å². The Hall–Kier alpha value is -1.88. The molecule has 0 aromatic heterocycles. The number of carbonyl (C=O) groups is 1. The third kappa shape index (κ3) is 3.79. The molecule has 2 aliphatic rings. The summed E-state index contributed by atoms with van der Waals surface area (Å²) < 4.78 is 0. The topological polar surface area (TPSA) is 79.5 Å². The summed E-state index contributed by atoms with van der Waals surface area (Å²) in [5, 5.41) is 5.32. The normalized spacial score (nSPS) is 25.3. The fourth-order valence-electron chi connectivity index (χ4n) is 2.15. The first-order valence-electron chi connectivity index (χ1n) is 6.61. The SMILES string of the molecule is C=C(/C=C/C1=CCCCC1)N=C1NC(=O)NC1CN. The van der Waals surface area contributed by atoms with Crippen LogP contribution in [0.1, 0.15) is 25.7 Å². The van der Waals surface area contributed by atoms with Crippen molar-refractivity contribution in [3.05, 3.63) is 36.1 Å². The van der Waals surface area contributed by atoms with E-state index in [1.54, 1.807) is 0 Å². The van der Waals surface area contributed by atoms with E-state index in [-0.39, 0.29) is 12.1 Å². The predicted octanol–water partition coefficient (Wildman–Crippen LogP) is 1.60. The fraction of sp³-hybridized carbons (Fsp3) is 0.429. The molecule has 1 aliphatic carbocycles. The molecule has 1 saturated heterocycles. The highest BCUT2D eigenvalue weighted by Gasteiger charge is 2.25. The van der Waals surface area contributed by atoms with Crippen LogP contribution in [0.3, 0.4) is 0 Å². The molecular formula is C14H20N4O. The Kier molecular flexibility index (Phi) is 4.52. The Labute approximate surface area is 113 Å². The van der Waals surface area contributed by atoms with Crippen LogP contribution in [0.15, 0.2) is 41.1 Å². The molecule has 1 fully saturated rings. The summed E-state index contributed by atoms with van der Waals surface area (Å²) in [6.07, 6.45) is 11.0. The second-order valence-electron chi connectivity index (χ2n) is 4.73. The Balaban J connectivity index is 1.98. The zero-order chi connectivity index (χ0) is 13.7. The summed E-state index contributed by atoms with van der Waals surface area (Å²) in [6.45, 7) is 4.19. The van der Waals surface area contributed by atoms with Crippen LogP contribution in [0.25, 0.3) is 0 Å². The van der Waals surface area contributed by atoms with Crippen molar-refractivity contribution in [3.8, 4) is 0 Å². The quantitative estimate of drug-likeness (QED) is 0.671. The molecule has 19 heavy (non-hydrogen) atoms. The maximum Gasteiger partial charge on any atom is 0.320 e. The summed E-state index contributed by atoms with van der Waals surface area (Å²) in [5.74, 6) is 0.541. The summed E-state index contributed by atoms with van der Waals surface area (Å²) in [5.41, 5.74) is 7.51. The third-order valence-corrected chi connectivity index (χ3v) is 3.19. The first-order valence-corrected chi connectivity index (χ1v) is 6.61. The van der Waals surface area contributed by atoms with Crippen molar-refractivity contribution in [2.75, 3.05) is 6.54 Å². The molecule has 102 valence electrons. The number of nitrogens with zero attached hydrogens (tertiary/aromatic N) is 1. The van der Waals surface area contributed by atoms with Crippen LogP contribution in [0.4, 0.5) is 4.79 Å². The zero-order valence-electron chi connectivity index (χ0n) is 11.0. The van der Waals surface area contributed by atoms with Gasteiger partial charge in [0.05, 0.1) is 5.70 Å². The Morgan fingerprint density at radius 3 is 3.11 bits per heavy atom. The van der Waals surface area contributed by atoms with Gasteiger partial charge in [-0.2, -0.15) is 0 Å². The van der Waals surface area contributed by atoms with E-state index in [2.05, 4.69) is 28.3 Å². The van der Waals surface area contributed by atoms with E-state index in [1.807, 2.05) is 12.2 Å². The molecule has 5 heteroatoms. The van der Waals surface area contributed by atoms with Gasteiger partial charge in [0, 0.05) is 6.54 Å². The van der Waals surface area contributed by atoms with E-state index in [0.717, 1.165) is 12.8 Å². The van der Waals surface area contributed by atoms with Gasteiger partial charge in [-0.05, 0) is 31.8 Å². The highest BCUT2D eigenvalue weighted by Crippen LogP contribution is 2.18. The van der Waals surface area contributed by atoms with Gasteiger partial charge >= 0.3 is 6.03 Å². The van der Waals surface area contributed by atoms with Crippen LogP contribution < -0.4 is 16.4 Å². The first kappa shape index (κ1) is 13.5. The monoisotopic (exact) mass is 260 g/mol. The molecule has 1 atom stereocenters. The smallest absolute Gasteiger partial charge is 0.320 e. The molecule has 4 N–H and O–H groups in total. The van der Waals surface area contributed by atoms with Crippen molar-refractivity contribution in [2.45, 2.75) is 31.7 Å². The predicted molar refractivity (Wildman–Crippen MR) is 76.8 cm³/mol. The Morgan fingerprint density at radius 2 is 2.42 bits per heavy atom. The van der Waals surface area contributed by atoms with Gasteiger partial charge in [-0.15, -0.1) is 0 Å². The number of aliphatic imine (C=N–C) groups is 1. The third-order valence-electron chi connectivity index (χ3n) is 3.19. The lowest BCUT2D eigenvalue weighted by Crippen LogP contribution is -2.36. The number of nitrogens with one attached hydrogen (secondary N) is 2. The van der Waals surface area contributed by atoms with Gasteiger partial charge < -0.3 is 11.1 Å². The first-order chi connectivity index (χ1) is 9.19. The van der Waals surface area contributed by atoms with E-state index in [1.165, 1.54) is 18.4 Å². The Bertz CT molecular complexity index is 462. The van der Waals surface area contributed by atoms with Gasteiger partial charge in [0.15, 0.2) is 0 Å². The van der Waals surface area contributed by atoms with Crippen molar-refractivity contribution in [3.63, 3.8) is 0 Å². The average Bonchev–Trinajstić information content (AvgIpc) is 2.77. The maximum atomic E-state index is 11.2. The lowest BCUT2D eigenvalue weighted by Gasteiger charge is -2.08. The lowest BCUT2D eigenvalue weighted by molar-refractivity contribution is 0.248. The highest BCUT2D eigenvalue weighted by molar-refractivity contribution is 6.07.